The maximum atomic E-state index is 11.5. The van der Waals surface area contributed by atoms with Crippen molar-refractivity contribution in [1.82, 2.24) is 10.1 Å². The van der Waals surface area contributed by atoms with Crippen molar-refractivity contribution < 1.29 is 14.4 Å². The van der Waals surface area contributed by atoms with Gasteiger partial charge in [-0.15, -0.1) is 0 Å². The van der Waals surface area contributed by atoms with Gasteiger partial charge in [0.2, 0.25) is 0 Å². The molecule has 0 spiro atoms. The highest BCUT2D eigenvalue weighted by Gasteiger charge is 2.19. The summed E-state index contributed by atoms with van der Waals surface area (Å²) in [6, 6.07) is 8.53. The number of hydrogen-bond donors (Lipinski definition) is 1. The highest BCUT2D eigenvalue weighted by atomic mass is 35.5. The van der Waals surface area contributed by atoms with Crippen molar-refractivity contribution in [3.8, 4) is 11.3 Å². The molecule has 0 aliphatic heterocycles. The second-order valence-electron chi connectivity index (χ2n) is 4.53. The zero-order valence-electron chi connectivity index (χ0n) is 11.1. The fourth-order valence-corrected chi connectivity index (χ4v) is 2.32. The second kappa shape index (κ2) is 5.18. The van der Waals surface area contributed by atoms with Crippen LogP contribution in [0.3, 0.4) is 0 Å². The lowest BCUT2D eigenvalue weighted by atomic mass is 10.0. The zero-order chi connectivity index (χ0) is 15.0. The number of aromatic carboxylic acids is 1. The maximum Gasteiger partial charge on any atom is 0.336 e. The number of aryl methyl sites for hydroxylation is 1. The molecule has 0 bridgehead atoms. The van der Waals surface area contributed by atoms with Crippen LogP contribution < -0.4 is 0 Å². The molecule has 0 aliphatic rings. The average molecular weight is 303 g/mol. The van der Waals surface area contributed by atoms with Crippen LogP contribution in [0.15, 0.2) is 34.9 Å². The molecule has 0 saturated carbocycles. The molecule has 1 aromatic carbocycles. The van der Waals surface area contributed by atoms with Gasteiger partial charge in [0.15, 0.2) is 0 Å². The van der Waals surface area contributed by atoms with E-state index in [2.05, 4.69) is 10.1 Å². The van der Waals surface area contributed by atoms with Gasteiger partial charge in [0, 0.05) is 10.6 Å². The SMILES string of the molecule is CCc1noc2nc(-c3ccc(Cl)cc3)cc(C(=O)O)c12. The summed E-state index contributed by atoms with van der Waals surface area (Å²) < 4.78 is 5.17. The van der Waals surface area contributed by atoms with Crippen molar-refractivity contribution in [3.63, 3.8) is 0 Å². The summed E-state index contributed by atoms with van der Waals surface area (Å²) in [5.74, 6) is -1.03. The van der Waals surface area contributed by atoms with Gasteiger partial charge >= 0.3 is 5.97 Å². The minimum atomic E-state index is -1.03. The van der Waals surface area contributed by atoms with Gasteiger partial charge in [-0.1, -0.05) is 35.8 Å². The van der Waals surface area contributed by atoms with E-state index < -0.39 is 5.97 Å². The minimum Gasteiger partial charge on any atom is -0.478 e. The zero-order valence-corrected chi connectivity index (χ0v) is 11.9. The molecule has 3 rings (SSSR count). The average Bonchev–Trinajstić information content (AvgIpc) is 2.89. The highest BCUT2D eigenvalue weighted by Crippen LogP contribution is 2.28. The number of carboxylic acid groups (broad SMARTS) is 1. The summed E-state index contributed by atoms with van der Waals surface area (Å²) in [6.45, 7) is 1.88. The standard InChI is InChI=1S/C15H11ClN2O3/c1-2-11-13-10(15(19)20)7-12(17-14(13)21-18-11)8-3-5-9(16)6-4-8/h3-7H,2H2,1H3,(H,19,20). The van der Waals surface area contributed by atoms with Gasteiger partial charge in [-0.3, -0.25) is 0 Å². The van der Waals surface area contributed by atoms with Gasteiger partial charge in [0.25, 0.3) is 5.71 Å². The first-order valence-corrected chi connectivity index (χ1v) is 6.76. The number of nitrogens with zero attached hydrogens (tertiary/aromatic N) is 2. The predicted molar refractivity (Wildman–Crippen MR) is 78.6 cm³/mol. The van der Waals surface area contributed by atoms with Crippen molar-refractivity contribution in [3.05, 3.63) is 46.6 Å². The van der Waals surface area contributed by atoms with Crippen LogP contribution in [0.4, 0.5) is 0 Å². The van der Waals surface area contributed by atoms with Crippen molar-refractivity contribution in [2.24, 2.45) is 0 Å². The van der Waals surface area contributed by atoms with E-state index >= 15 is 0 Å². The second-order valence-corrected chi connectivity index (χ2v) is 4.97. The van der Waals surface area contributed by atoms with E-state index in [1.54, 1.807) is 24.3 Å². The third-order valence-corrected chi connectivity index (χ3v) is 3.47. The number of carboxylic acids is 1. The van der Waals surface area contributed by atoms with Crippen molar-refractivity contribution in [2.45, 2.75) is 13.3 Å². The largest absolute Gasteiger partial charge is 0.478 e. The molecule has 106 valence electrons. The quantitative estimate of drug-likeness (QED) is 0.796. The lowest BCUT2D eigenvalue weighted by Crippen LogP contribution is -2.00. The van der Waals surface area contributed by atoms with Gasteiger partial charge in [-0.2, -0.15) is 0 Å². The first kappa shape index (κ1) is 13.6. The molecule has 0 fully saturated rings. The molecule has 0 saturated heterocycles. The normalized spacial score (nSPS) is 11.0. The lowest BCUT2D eigenvalue weighted by Gasteiger charge is -2.04. The molecule has 5 nitrogen and oxygen atoms in total. The van der Waals surface area contributed by atoms with Crippen molar-refractivity contribution in [1.29, 1.82) is 0 Å². The fourth-order valence-electron chi connectivity index (χ4n) is 2.19. The van der Waals surface area contributed by atoms with Crippen LogP contribution in [-0.2, 0) is 6.42 Å². The van der Waals surface area contributed by atoms with Crippen LogP contribution in [0.2, 0.25) is 5.02 Å². The molecular weight excluding hydrogens is 292 g/mol. The van der Waals surface area contributed by atoms with Crippen LogP contribution in [0.1, 0.15) is 23.0 Å². The molecule has 0 atom stereocenters. The Morgan fingerprint density at radius 1 is 1.33 bits per heavy atom. The first-order valence-electron chi connectivity index (χ1n) is 6.38. The van der Waals surface area contributed by atoms with Gasteiger partial charge in [-0.05, 0) is 24.6 Å². The van der Waals surface area contributed by atoms with Crippen LogP contribution >= 0.6 is 11.6 Å². The molecular formula is C15H11ClN2O3. The molecule has 0 radical (unpaired) electrons. The molecule has 1 N–H and O–H groups in total. The number of aromatic nitrogens is 2. The van der Waals surface area contributed by atoms with Gasteiger partial charge < -0.3 is 9.63 Å². The van der Waals surface area contributed by atoms with Crippen molar-refractivity contribution in [2.75, 3.05) is 0 Å². The smallest absolute Gasteiger partial charge is 0.336 e. The summed E-state index contributed by atoms with van der Waals surface area (Å²) in [7, 11) is 0. The Balaban J connectivity index is 2.26. The number of hydrogen-bond acceptors (Lipinski definition) is 4. The third-order valence-electron chi connectivity index (χ3n) is 3.22. The number of halogens is 1. The van der Waals surface area contributed by atoms with E-state index in [1.165, 1.54) is 6.07 Å². The lowest BCUT2D eigenvalue weighted by molar-refractivity contribution is 0.0699. The number of benzene rings is 1. The molecule has 2 aromatic heterocycles. The molecule has 21 heavy (non-hydrogen) atoms. The Morgan fingerprint density at radius 3 is 2.67 bits per heavy atom. The topological polar surface area (TPSA) is 76.2 Å². The van der Waals surface area contributed by atoms with E-state index in [0.29, 0.717) is 28.2 Å². The van der Waals surface area contributed by atoms with Gasteiger partial charge in [0.1, 0.15) is 0 Å². The van der Waals surface area contributed by atoms with E-state index in [4.69, 9.17) is 16.1 Å². The Bertz CT molecular complexity index is 825. The number of fused-ring (bicyclic) bond motifs is 1. The van der Waals surface area contributed by atoms with E-state index in [-0.39, 0.29) is 11.3 Å². The van der Waals surface area contributed by atoms with E-state index in [1.807, 2.05) is 6.92 Å². The van der Waals surface area contributed by atoms with Crippen LogP contribution in [-0.4, -0.2) is 21.2 Å². The number of pyridine rings is 1. The first-order chi connectivity index (χ1) is 10.1. The van der Waals surface area contributed by atoms with E-state index in [9.17, 15) is 9.90 Å². The summed E-state index contributed by atoms with van der Waals surface area (Å²) >= 11 is 5.85. The minimum absolute atomic E-state index is 0.142. The Morgan fingerprint density at radius 2 is 2.05 bits per heavy atom. The van der Waals surface area contributed by atoms with Gasteiger partial charge in [-0.25, -0.2) is 9.78 Å². The van der Waals surface area contributed by atoms with Crippen LogP contribution in [0.5, 0.6) is 0 Å². The summed E-state index contributed by atoms with van der Waals surface area (Å²) in [5, 5.41) is 14.4. The van der Waals surface area contributed by atoms with Gasteiger partial charge in [0.05, 0.1) is 22.3 Å². The maximum absolute atomic E-state index is 11.5. The van der Waals surface area contributed by atoms with Crippen LogP contribution in [0.25, 0.3) is 22.4 Å². The fraction of sp³-hybridized carbons (Fsp3) is 0.133. The molecule has 3 aromatic rings. The Labute approximate surface area is 125 Å². The molecule has 0 aliphatic carbocycles. The summed E-state index contributed by atoms with van der Waals surface area (Å²) in [5.41, 5.74) is 2.24. The van der Waals surface area contributed by atoms with E-state index in [0.717, 1.165) is 5.56 Å². The molecule has 2 heterocycles. The number of rotatable bonds is 3. The third kappa shape index (κ3) is 2.36. The number of carbonyl (C=O) groups is 1. The highest BCUT2D eigenvalue weighted by molar-refractivity contribution is 6.30. The monoisotopic (exact) mass is 302 g/mol. The predicted octanol–water partition coefficient (Wildman–Crippen LogP) is 3.80. The molecule has 6 heteroatoms. The Hall–Kier alpha value is -2.40. The van der Waals surface area contributed by atoms with Crippen LogP contribution in [0, 0.1) is 0 Å². The van der Waals surface area contributed by atoms with Crippen molar-refractivity contribution >= 4 is 28.7 Å². The Kier molecular flexibility index (Phi) is 3.35. The summed E-state index contributed by atoms with van der Waals surface area (Å²) in [6.07, 6.45) is 0.579. The summed E-state index contributed by atoms with van der Waals surface area (Å²) in [4.78, 5) is 15.9. The molecule has 0 unspecified atom stereocenters. The molecule has 0 amide bonds.